The topological polar surface area (TPSA) is 51.0 Å². The Labute approximate surface area is 103 Å². The molecule has 0 aliphatic heterocycles. The van der Waals surface area contributed by atoms with Crippen LogP contribution in [-0.4, -0.2) is 26.0 Å². The molecule has 0 heterocycles. The Balaban J connectivity index is 3.07. The molecule has 0 aromatic heterocycles. The average molecular weight is 235 g/mol. The molecule has 1 N–H and O–H groups in total. The van der Waals surface area contributed by atoms with Crippen molar-refractivity contribution in [2.45, 2.75) is 32.3 Å². The summed E-state index contributed by atoms with van der Waals surface area (Å²) in [6, 6.07) is 5.54. The van der Waals surface area contributed by atoms with E-state index in [4.69, 9.17) is 9.57 Å². The van der Waals surface area contributed by atoms with E-state index >= 15 is 0 Å². The summed E-state index contributed by atoms with van der Waals surface area (Å²) in [6.07, 6.45) is 0.467. The number of rotatable bonds is 6. The van der Waals surface area contributed by atoms with Gasteiger partial charge in [-0.25, -0.2) is 0 Å². The van der Waals surface area contributed by atoms with Crippen molar-refractivity contribution in [3.8, 4) is 11.5 Å². The summed E-state index contributed by atoms with van der Waals surface area (Å²) >= 11 is 0. The van der Waals surface area contributed by atoms with E-state index in [0.717, 1.165) is 12.0 Å². The normalized spacial score (nSPS) is 13.8. The molecule has 2 unspecified atom stereocenters. The first kappa shape index (κ1) is 13.7. The number of benzene rings is 1. The number of hydrogen-bond donors (Lipinski definition) is 1. The average Bonchev–Trinajstić information content (AvgIpc) is 2.31. The van der Waals surface area contributed by atoms with Gasteiger partial charge in [0.2, 0.25) is 0 Å². The van der Waals surface area contributed by atoms with Crippen LogP contribution in [0.5, 0.6) is 11.5 Å². The van der Waals surface area contributed by atoms with Crippen LogP contribution in [0.25, 0.3) is 0 Å². The molecule has 0 fully saturated rings. The van der Waals surface area contributed by atoms with Gasteiger partial charge in [-0.15, -0.1) is 0 Å². The Bertz CT molecular complexity index is 382. The molecule has 0 amide bonds. The third-order valence-electron chi connectivity index (χ3n) is 2.80. The van der Waals surface area contributed by atoms with Crippen molar-refractivity contribution in [2.24, 2.45) is 5.06 Å². The molecule has 1 aromatic carbocycles. The zero-order valence-electron chi connectivity index (χ0n) is 10.5. The van der Waals surface area contributed by atoms with E-state index in [9.17, 15) is 5.11 Å². The third kappa shape index (κ3) is 3.30. The first-order valence-corrected chi connectivity index (χ1v) is 5.63. The van der Waals surface area contributed by atoms with Crippen LogP contribution in [0.1, 0.15) is 31.7 Å². The van der Waals surface area contributed by atoms with Crippen LogP contribution in [0.2, 0.25) is 0 Å². The van der Waals surface area contributed by atoms with Crippen molar-refractivity contribution in [3.63, 3.8) is 0 Å². The molecule has 1 rings (SSSR count). The van der Waals surface area contributed by atoms with Gasteiger partial charge in [0.25, 0.3) is 0 Å². The summed E-state index contributed by atoms with van der Waals surface area (Å²) in [7, 11) is 4.83. The molecular formula is C12H18BNO3. The van der Waals surface area contributed by atoms with Crippen LogP contribution in [-0.2, 0) is 0 Å². The quantitative estimate of drug-likeness (QED) is 0.605. The van der Waals surface area contributed by atoms with Gasteiger partial charge < -0.3 is 0 Å². The molecule has 0 radical (unpaired) electrons. The van der Waals surface area contributed by atoms with Crippen molar-refractivity contribution < 1.29 is 14.7 Å². The van der Waals surface area contributed by atoms with Crippen molar-refractivity contribution in [1.82, 2.24) is 0 Å². The Morgan fingerprint density at radius 1 is 1.41 bits per heavy atom. The monoisotopic (exact) mass is 235 g/mol. The molecule has 17 heavy (non-hydrogen) atoms. The fourth-order valence-electron chi connectivity index (χ4n) is 1.92. The van der Waals surface area contributed by atoms with Gasteiger partial charge in [0, 0.05) is 0 Å². The molecule has 0 bridgehead atoms. The van der Waals surface area contributed by atoms with Crippen LogP contribution in [0, 0.1) is 0 Å². The van der Waals surface area contributed by atoms with E-state index in [1.807, 2.05) is 19.1 Å². The van der Waals surface area contributed by atoms with E-state index in [0.29, 0.717) is 11.5 Å². The fourth-order valence-corrected chi connectivity index (χ4v) is 1.92. The van der Waals surface area contributed by atoms with E-state index < -0.39 is 6.10 Å². The first-order chi connectivity index (χ1) is 8.13. The molecule has 0 aliphatic carbocycles. The van der Waals surface area contributed by atoms with Gasteiger partial charge in [-0.05, 0) is 0 Å². The summed E-state index contributed by atoms with van der Waals surface area (Å²) in [5.41, 5.74) is 1.02. The van der Waals surface area contributed by atoms with Crippen molar-refractivity contribution in [2.75, 3.05) is 7.11 Å². The summed E-state index contributed by atoms with van der Waals surface area (Å²) in [5, 5.41) is 13.1. The Kier molecular flexibility index (Phi) is 5.16. The minimum absolute atomic E-state index is 0.0923. The fraction of sp³-hybridized carbons (Fsp3) is 0.500. The van der Waals surface area contributed by atoms with Crippen LogP contribution >= 0.6 is 0 Å². The Morgan fingerprint density at radius 2 is 2.12 bits per heavy atom. The number of aliphatic hydroxyl groups excluding tert-OH is 1. The maximum absolute atomic E-state index is 9.70. The standard InChI is InChI=1S/C12H18BNO3/c1-4-10(8(2)15)9-5-6-11(17-14-13)12(7-9)16-3/h5-8,10,13,15H,4H2,1-3H3. The Morgan fingerprint density at radius 3 is 2.59 bits per heavy atom. The van der Waals surface area contributed by atoms with Gasteiger partial charge in [0.15, 0.2) is 0 Å². The van der Waals surface area contributed by atoms with Crippen molar-refractivity contribution in [3.05, 3.63) is 23.8 Å². The summed E-state index contributed by atoms with van der Waals surface area (Å²) in [4.78, 5) is 4.98. The minimum atomic E-state index is -0.394. The van der Waals surface area contributed by atoms with E-state index in [1.165, 1.54) is 0 Å². The number of ether oxygens (including phenoxy) is 1. The zero-order chi connectivity index (χ0) is 12.8. The molecule has 0 aliphatic rings. The Hall–Kier alpha value is -1.36. The SMILES string of the molecule is B=NOc1ccc(C(CC)C(C)O)cc1OC. The van der Waals surface area contributed by atoms with E-state index in [-0.39, 0.29) is 5.92 Å². The van der Waals surface area contributed by atoms with Gasteiger partial charge in [-0.1, -0.05) is 0 Å². The second-order valence-electron chi connectivity index (χ2n) is 3.89. The number of hydrogen-bond acceptors (Lipinski definition) is 4. The van der Waals surface area contributed by atoms with Crippen LogP contribution in [0.3, 0.4) is 0 Å². The van der Waals surface area contributed by atoms with E-state index in [1.54, 1.807) is 20.1 Å². The molecule has 2 atom stereocenters. The second-order valence-corrected chi connectivity index (χ2v) is 3.89. The molecule has 5 heteroatoms. The van der Waals surface area contributed by atoms with Crippen LogP contribution in [0.4, 0.5) is 0 Å². The molecule has 0 saturated heterocycles. The zero-order valence-corrected chi connectivity index (χ0v) is 10.5. The van der Waals surface area contributed by atoms with Crippen molar-refractivity contribution >= 4 is 7.64 Å². The number of nitrogens with zero attached hydrogens (tertiary/aromatic N) is 1. The first-order valence-electron chi connectivity index (χ1n) is 5.63. The second kappa shape index (κ2) is 6.40. The van der Waals surface area contributed by atoms with Gasteiger partial charge in [0.05, 0.1) is 0 Å². The summed E-state index contributed by atoms with van der Waals surface area (Å²) < 4.78 is 5.22. The van der Waals surface area contributed by atoms with E-state index in [2.05, 4.69) is 12.7 Å². The van der Waals surface area contributed by atoms with Crippen molar-refractivity contribution in [1.29, 1.82) is 0 Å². The third-order valence-corrected chi connectivity index (χ3v) is 2.80. The van der Waals surface area contributed by atoms with Gasteiger partial charge in [-0.3, -0.25) is 0 Å². The molecule has 1 aromatic rings. The molecule has 0 saturated carbocycles. The van der Waals surface area contributed by atoms with Gasteiger partial charge in [-0.2, -0.15) is 0 Å². The summed E-state index contributed by atoms with van der Waals surface area (Å²) in [6.45, 7) is 3.83. The predicted molar refractivity (Wildman–Crippen MR) is 67.9 cm³/mol. The van der Waals surface area contributed by atoms with Gasteiger partial charge in [0.1, 0.15) is 0 Å². The number of methoxy groups -OCH3 is 1. The molecule has 0 spiro atoms. The summed E-state index contributed by atoms with van der Waals surface area (Å²) in [5.74, 6) is 1.20. The van der Waals surface area contributed by atoms with Gasteiger partial charge >= 0.3 is 102 Å². The number of aliphatic hydroxyl groups is 1. The maximum atomic E-state index is 9.70. The van der Waals surface area contributed by atoms with Crippen LogP contribution in [0.15, 0.2) is 23.3 Å². The molecule has 92 valence electrons. The molecular weight excluding hydrogens is 217 g/mol. The van der Waals surface area contributed by atoms with Crippen LogP contribution < -0.4 is 9.57 Å². The predicted octanol–water partition coefficient (Wildman–Crippen LogP) is 1.95. The molecule has 4 nitrogen and oxygen atoms in total.